The van der Waals surface area contributed by atoms with Crippen LogP contribution in [-0.2, 0) is 32.3 Å². The second kappa shape index (κ2) is 13.2. The number of sulfonamides is 1. The molecule has 1 N–H and O–H groups in total. The third-order valence-corrected chi connectivity index (χ3v) is 8.35. The number of carbonyl (C=O) groups excluding carboxylic acids is 2. The van der Waals surface area contributed by atoms with E-state index in [2.05, 4.69) is 5.32 Å². The maximum absolute atomic E-state index is 13.9. The van der Waals surface area contributed by atoms with Crippen LogP contribution in [0.15, 0.2) is 77.7 Å². The molecule has 0 aliphatic rings. The van der Waals surface area contributed by atoms with E-state index in [1.54, 1.807) is 45.0 Å². The fourth-order valence-electron chi connectivity index (χ4n) is 4.31. The molecule has 0 heterocycles. The van der Waals surface area contributed by atoms with Crippen molar-refractivity contribution >= 4 is 27.5 Å². The molecule has 0 aromatic heterocycles. The summed E-state index contributed by atoms with van der Waals surface area (Å²) in [6.07, 6.45) is -4.50. The Kier molecular flexibility index (Phi) is 10.2. The van der Waals surface area contributed by atoms with E-state index in [4.69, 9.17) is 0 Å². The lowest BCUT2D eigenvalue weighted by molar-refractivity contribution is -0.140. The van der Waals surface area contributed by atoms with Crippen molar-refractivity contribution in [1.82, 2.24) is 10.2 Å². The molecule has 0 aliphatic heterocycles. The van der Waals surface area contributed by atoms with Gasteiger partial charge in [-0.2, -0.15) is 13.2 Å². The zero-order valence-electron chi connectivity index (χ0n) is 23.4. The molecular weight excluding hydrogens is 555 g/mol. The van der Waals surface area contributed by atoms with Crippen molar-refractivity contribution in [3.8, 4) is 0 Å². The first-order chi connectivity index (χ1) is 19.3. The number of benzene rings is 3. The number of likely N-dealkylation sites (N-methyl/N-ethyl adjacent to an activating group) is 1. The Balaban J connectivity index is 2.11. The third-order valence-electron chi connectivity index (χ3n) is 6.56. The van der Waals surface area contributed by atoms with Gasteiger partial charge in [0.15, 0.2) is 0 Å². The number of halogens is 3. The monoisotopic (exact) mass is 589 g/mol. The maximum Gasteiger partial charge on any atom is 0.416 e. The fraction of sp³-hybridized carbons (Fsp3) is 0.333. The van der Waals surface area contributed by atoms with Crippen molar-refractivity contribution in [2.24, 2.45) is 0 Å². The van der Waals surface area contributed by atoms with Crippen LogP contribution in [0.3, 0.4) is 0 Å². The highest BCUT2D eigenvalue weighted by Gasteiger charge is 2.35. The number of amides is 2. The van der Waals surface area contributed by atoms with Gasteiger partial charge < -0.3 is 10.2 Å². The molecule has 11 heteroatoms. The van der Waals surface area contributed by atoms with Gasteiger partial charge in [-0.3, -0.25) is 13.9 Å². The van der Waals surface area contributed by atoms with E-state index >= 15 is 0 Å². The van der Waals surface area contributed by atoms with Gasteiger partial charge in [0.05, 0.1) is 16.1 Å². The molecule has 0 spiro atoms. The van der Waals surface area contributed by atoms with E-state index in [9.17, 15) is 31.2 Å². The summed E-state index contributed by atoms with van der Waals surface area (Å²) in [6, 6.07) is 16.0. The minimum atomic E-state index is -4.73. The predicted molar refractivity (Wildman–Crippen MR) is 152 cm³/mol. The number of carbonyl (C=O) groups is 2. The van der Waals surface area contributed by atoms with Crippen LogP contribution >= 0.6 is 0 Å². The second-order valence-electron chi connectivity index (χ2n) is 9.70. The largest absolute Gasteiger partial charge is 0.416 e. The topological polar surface area (TPSA) is 86.8 Å². The van der Waals surface area contributed by atoms with E-state index in [0.29, 0.717) is 22.5 Å². The van der Waals surface area contributed by atoms with Crippen LogP contribution in [0, 0.1) is 13.8 Å². The first-order valence-electron chi connectivity index (χ1n) is 13.2. The summed E-state index contributed by atoms with van der Waals surface area (Å²) in [4.78, 5) is 28.0. The van der Waals surface area contributed by atoms with Gasteiger partial charge in [-0.25, -0.2) is 8.42 Å². The minimum Gasteiger partial charge on any atom is -0.355 e. The van der Waals surface area contributed by atoms with Gasteiger partial charge in [0.1, 0.15) is 12.6 Å². The number of alkyl halides is 3. The molecule has 0 unspecified atom stereocenters. The van der Waals surface area contributed by atoms with Crippen molar-refractivity contribution in [3.05, 3.63) is 95.1 Å². The summed E-state index contributed by atoms with van der Waals surface area (Å²) in [7, 11) is -4.49. The predicted octanol–water partition coefficient (Wildman–Crippen LogP) is 5.46. The van der Waals surface area contributed by atoms with Gasteiger partial charge in [0.25, 0.3) is 10.0 Å². The Morgan fingerprint density at radius 3 is 2.02 bits per heavy atom. The van der Waals surface area contributed by atoms with Crippen molar-refractivity contribution in [2.75, 3.05) is 17.4 Å². The van der Waals surface area contributed by atoms with Crippen molar-refractivity contribution in [3.63, 3.8) is 0 Å². The Morgan fingerprint density at radius 2 is 1.49 bits per heavy atom. The Bertz CT molecular complexity index is 1460. The molecule has 2 amide bonds. The van der Waals surface area contributed by atoms with Crippen LogP contribution in [0.5, 0.6) is 0 Å². The average molecular weight is 590 g/mol. The lowest BCUT2D eigenvalue weighted by Gasteiger charge is -2.33. The number of anilines is 1. The third kappa shape index (κ3) is 7.87. The highest BCUT2D eigenvalue weighted by Crippen LogP contribution is 2.33. The van der Waals surface area contributed by atoms with Crippen LogP contribution in [0.1, 0.15) is 42.5 Å². The highest BCUT2D eigenvalue weighted by molar-refractivity contribution is 7.92. The summed E-state index contributed by atoms with van der Waals surface area (Å²) in [5, 5.41) is 2.71. The molecule has 220 valence electrons. The van der Waals surface area contributed by atoms with Gasteiger partial charge in [0, 0.05) is 13.1 Å². The molecule has 1 atom stereocenters. The molecule has 3 rings (SSSR count). The molecule has 0 saturated carbocycles. The van der Waals surface area contributed by atoms with Gasteiger partial charge >= 0.3 is 6.18 Å². The smallest absolute Gasteiger partial charge is 0.355 e. The number of nitrogens with one attached hydrogen (secondary N) is 1. The lowest BCUT2D eigenvalue weighted by Crippen LogP contribution is -2.52. The van der Waals surface area contributed by atoms with Gasteiger partial charge in [-0.1, -0.05) is 60.5 Å². The standard InChI is InChI=1S/C30H34F3N3O4S/c1-5-27(29(38)34-6-2)35(19-23-14-10-21(3)11-15-23)28(37)20-36(25-9-7-8-24(18-25)30(31,32)33)41(39,40)26-16-12-22(4)13-17-26/h7-18,27H,5-6,19-20H2,1-4H3,(H,34,38)/t27-/m0/s1. The Labute approximate surface area is 239 Å². The molecule has 7 nitrogen and oxygen atoms in total. The Hall–Kier alpha value is -3.86. The van der Waals surface area contributed by atoms with E-state index < -0.39 is 46.2 Å². The molecule has 0 radical (unpaired) electrons. The van der Waals surface area contributed by atoms with Crippen molar-refractivity contribution in [2.45, 2.75) is 57.8 Å². The quantitative estimate of drug-likeness (QED) is 0.322. The number of hydrogen-bond acceptors (Lipinski definition) is 4. The van der Waals surface area contributed by atoms with Crippen LogP contribution < -0.4 is 9.62 Å². The van der Waals surface area contributed by atoms with Gasteiger partial charge in [-0.15, -0.1) is 0 Å². The highest BCUT2D eigenvalue weighted by atomic mass is 32.2. The first-order valence-corrected chi connectivity index (χ1v) is 14.6. The SMILES string of the molecule is CCNC(=O)[C@H](CC)N(Cc1ccc(C)cc1)C(=O)CN(c1cccc(C(F)(F)F)c1)S(=O)(=O)c1ccc(C)cc1. The zero-order chi connectivity index (χ0) is 30.4. The second-order valence-corrected chi connectivity index (χ2v) is 11.6. The summed E-state index contributed by atoms with van der Waals surface area (Å²) in [6.45, 7) is 6.62. The minimum absolute atomic E-state index is 0.00420. The first kappa shape index (κ1) is 31.7. The molecule has 0 bridgehead atoms. The molecule has 41 heavy (non-hydrogen) atoms. The molecular formula is C30H34F3N3O4S. The van der Waals surface area contributed by atoms with Crippen molar-refractivity contribution in [1.29, 1.82) is 0 Å². The van der Waals surface area contributed by atoms with Crippen LogP contribution in [0.4, 0.5) is 18.9 Å². The molecule has 0 saturated heterocycles. The summed E-state index contributed by atoms with van der Waals surface area (Å²) >= 11 is 0. The summed E-state index contributed by atoms with van der Waals surface area (Å²) < 4.78 is 69.1. The van der Waals surface area contributed by atoms with Crippen LogP contribution in [0.2, 0.25) is 0 Å². The fourth-order valence-corrected chi connectivity index (χ4v) is 5.71. The van der Waals surface area contributed by atoms with E-state index in [0.717, 1.165) is 23.3 Å². The van der Waals surface area contributed by atoms with Crippen LogP contribution in [0.25, 0.3) is 0 Å². The van der Waals surface area contributed by atoms with Gasteiger partial charge in [0.2, 0.25) is 11.8 Å². The maximum atomic E-state index is 13.9. The van der Waals surface area contributed by atoms with Gasteiger partial charge in [-0.05, 0) is 63.1 Å². The van der Waals surface area contributed by atoms with Crippen molar-refractivity contribution < 1.29 is 31.2 Å². The average Bonchev–Trinajstić information content (AvgIpc) is 2.92. The summed E-state index contributed by atoms with van der Waals surface area (Å²) in [5.74, 6) is -1.15. The normalized spacial score (nSPS) is 12.5. The number of nitrogens with zero attached hydrogens (tertiary/aromatic N) is 2. The molecule has 3 aromatic carbocycles. The van der Waals surface area contributed by atoms with E-state index in [-0.39, 0.29) is 23.5 Å². The lowest BCUT2D eigenvalue weighted by atomic mass is 10.1. The number of hydrogen-bond donors (Lipinski definition) is 1. The van der Waals surface area contributed by atoms with Crippen LogP contribution in [-0.4, -0.2) is 44.3 Å². The molecule has 0 fully saturated rings. The summed E-state index contributed by atoms with van der Waals surface area (Å²) in [5.41, 5.74) is 1.09. The Morgan fingerprint density at radius 1 is 0.902 bits per heavy atom. The number of rotatable bonds is 11. The van der Waals surface area contributed by atoms with E-state index in [1.807, 2.05) is 19.1 Å². The zero-order valence-corrected chi connectivity index (χ0v) is 24.2. The van der Waals surface area contributed by atoms with E-state index in [1.165, 1.54) is 23.1 Å². The molecule has 0 aliphatic carbocycles. The number of aryl methyl sites for hydroxylation is 2. The molecule has 3 aromatic rings.